The van der Waals surface area contributed by atoms with Crippen molar-refractivity contribution in [3.05, 3.63) is 89.1 Å². The average molecular weight is 569 g/mol. The summed E-state index contributed by atoms with van der Waals surface area (Å²) in [6.07, 6.45) is 8.53. The van der Waals surface area contributed by atoms with Crippen LogP contribution in [0.3, 0.4) is 0 Å². The maximum absolute atomic E-state index is 13.1. The van der Waals surface area contributed by atoms with Crippen molar-refractivity contribution in [2.24, 2.45) is 0 Å². The van der Waals surface area contributed by atoms with E-state index in [-0.39, 0.29) is 30.0 Å². The predicted molar refractivity (Wildman–Crippen MR) is 162 cm³/mol. The fourth-order valence-corrected chi connectivity index (χ4v) is 7.01. The Morgan fingerprint density at radius 1 is 0.905 bits per heavy atom. The van der Waals surface area contributed by atoms with Gasteiger partial charge in [0.2, 0.25) is 0 Å². The molecule has 0 spiro atoms. The minimum Gasteiger partial charge on any atom is -0.496 e. The molecule has 2 amide bonds. The first-order valence-corrected chi connectivity index (χ1v) is 15.2. The van der Waals surface area contributed by atoms with E-state index in [2.05, 4.69) is 27.7 Å². The standard InChI is InChI=1S/C34H40N4O4/c1-22-28(10-6-12-30(22)41-2)34(40)36-25-18-26-15-16-27(19-25)38(26)32-17-14-24(20-35-32)33(39)37-29-11-7-13-31(29)42-21-23-8-4-3-5-9-23/h3-6,8-10,12,14,17,20,25-27,29,31H,7,11,13,15-16,18-19,21H2,1-2H3,(H,36,40)(H,37,39)/t25?,26?,27?,29-,31-/m0/s1. The summed E-state index contributed by atoms with van der Waals surface area (Å²) in [6, 6.07) is 20.3. The summed E-state index contributed by atoms with van der Waals surface area (Å²) in [5, 5.41) is 6.47. The van der Waals surface area contributed by atoms with Gasteiger partial charge in [-0.2, -0.15) is 0 Å². The van der Waals surface area contributed by atoms with E-state index in [1.165, 1.54) is 0 Å². The molecule has 0 radical (unpaired) electrons. The van der Waals surface area contributed by atoms with Crippen molar-refractivity contribution in [2.45, 2.75) is 88.7 Å². The van der Waals surface area contributed by atoms with Crippen LogP contribution in [-0.2, 0) is 11.3 Å². The molecule has 3 aromatic rings. The molecule has 6 rings (SSSR count). The fourth-order valence-electron chi connectivity index (χ4n) is 7.01. The number of piperidine rings is 1. The number of amides is 2. The van der Waals surface area contributed by atoms with E-state index in [9.17, 15) is 9.59 Å². The maximum atomic E-state index is 13.1. The number of hydrogen-bond donors (Lipinski definition) is 2. The van der Waals surface area contributed by atoms with Gasteiger partial charge in [-0.1, -0.05) is 36.4 Å². The molecule has 8 heteroatoms. The summed E-state index contributed by atoms with van der Waals surface area (Å²) in [5.74, 6) is 1.47. The molecule has 42 heavy (non-hydrogen) atoms. The van der Waals surface area contributed by atoms with Gasteiger partial charge < -0.3 is 25.0 Å². The zero-order chi connectivity index (χ0) is 29.1. The number of nitrogens with one attached hydrogen (secondary N) is 2. The molecular formula is C34H40N4O4. The van der Waals surface area contributed by atoms with Crippen molar-refractivity contribution in [3.63, 3.8) is 0 Å². The van der Waals surface area contributed by atoms with Crippen LogP contribution in [0.5, 0.6) is 5.75 Å². The first kappa shape index (κ1) is 28.2. The second-order valence-electron chi connectivity index (χ2n) is 11.8. The van der Waals surface area contributed by atoms with E-state index in [0.717, 1.165) is 67.6 Å². The van der Waals surface area contributed by atoms with Gasteiger partial charge in [0.1, 0.15) is 11.6 Å². The van der Waals surface area contributed by atoms with Crippen molar-refractivity contribution in [3.8, 4) is 5.75 Å². The van der Waals surface area contributed by atoms with Gasteiger partial charge in [-0.05, 0) is 81.7 Å². The van der Waals surface area contributed by atoms with Crippen LogP contribution in [0.4, 0.5) is 5.82 Å². The lowest BCUT2D eigenvalue weighted by molar-refractivity contribution is 0.0272. The summed E-state index contributed by atoms with van der Waals surface area (Å²) in [4.78, 5) is 33.3. The van der Waals surface area contributed by atoms with Gasteiger partial charge in [-0.25, -0.2) is 4.98 Å². The number of anilines is 1. The molecule has 3 aliphatic rings. The van der Waals surface area contributed by atoms with Crippen molar-refractivity contribution >= 4 is 17.6 Å². The maximum Gasteiger partial charge on any atom is 0.253 e. The van der Waals surface area contributed by atoms with Gasteiger partial charge >= 0.3 is 0 Å². The molecule has 3 heterocycles. The number of ether oxygens (including phenoxy) is 2. The number of pyridine rings is 1. The Hall–Kier alpha value is -3.91. The van der Waals surface area contributed by atoms with Crippen LogP contribution in [0.25, 0.3) is 0 Å². The number of fused-ring (bicyclic) bond motifs is 2. The molecule has 1 aromatic heterocycles. The first-order valence-electron chi connectivity index (χ1n) is 15.2. The number of carbonyl (C=O) groups excluding carboxylic acids is 2. The Morgan fingerprint density at radius 2 is 1.69 bits per heavy atom. The van der Waals surface area contributed by atoms with Gasteiger partial charge in [-0.3, -0.25) is 9.59 Å². The number of aromatic nitrogens is 1. The number of nitrogens with zero attached hydrogens (tertiary/aromatic N) is 2. The number of hydrogen-bond acceptors (Lipinski definition) is 6. The fraction of sp³-hybridized carbons (Fsp3) is 0.441. The zero-order valence-electron chi connectivity index (χ0n) is 24.4. The molecule has 2 unspecified atom stereocenters. The minimum atomic E-state index is -0.105. The smallest absolute Gasteiger partial charge is 0.253 e. The summed E-state index contributed by atoms with van der Waals surface area (Å²) in [6.45, 7) is 2.47. The highest BCUT2D eigenvalue weighted by atomic mass is 16.5. The number of benzene rings is 2. The highest BCUT2D eigenvalue weighted by Crippen LogP contribution is 2.39. The molecular weight excluding hydrogens is 528 g/mol. The molecule has 4 atom stereocenters. The van der Waals surface area contributed by atoms with Crippen molar-refractivity contribution in [2.75, 3.05) is 12.0 Å². The average Bonchev–Trinajstić information content (AvgIpc) is 3.57. The zero-order valence-corrected chi connectivity index (χ0v) is 24.4. The second kappa shape index (κ2) is 12.5. The summed E-state index contributed by atoms with van der Waals surface area (Å²) >= 11 is 0. The molecule has 2 aromatic carbocycles. The van der Waals surface area contributed by atoms with Crippen molar-refractivity contribution in [1.29, 1.82) is 0 Å². The van der Waals surface area contributed by atoms with E-state index in [1.807, 2.05) is 55.5 Å². The van der Waals surface area contributed by atoms with E-state index in [0.29, 0.717) is 29.8 Å². The van der Waals surface area contributed by atoms with Crippen LogP contribution in [0.2, 0.25) is 0 Å². The predicted octanol–water partition coefficient (Wildman–Crippen LogP) is 5.20. The number of rotatable bonds is 9. The van der Waals surface area contributed by atoms with Crippen LogP contribution in [0.1, 0.15) is 76.8 Å². The Morgan fingerprint density at radius 3 is 2.40 bits per heavy atom. The lowest BCUT2D eigenvalue weighted by Gasteiger charge is -2.40. The van der Waals surface area contributed by atoms with E-state index < -0.39 is 0 Å². The molecule has 2 saturated heterocycles. The highest BCUT2D eigenvalue weighted by molar-refractivity contribution is 5.96. The monoisotopic (exact) mass is 568 g/mol. The van der Waals surface area contributed by atoms with Gasteiger partial charge in [-0.15, -0.1) is 0 Å². The molecule has 8 nitrogen and oxygen atoms in total. The van der Waals surface area contributed by atoms with Gasteiger partial charge in [0.15, 0.2) is 0 Å². The molecule has 2 bridgehead atoms. The van der Waals surface area contributed by atoms with Crippen LogP contribution in [0, 0.1) is 6.92 Å². The van der Waals surface area contributed by atoms with Gasteiger partial charge in [0.05, 0.1) is 31.4 Å². The molecule has 3 fully saturated rings. The lowest BCUT2D eigenvalue weighted by Crippen LogP contribution is -2.50. The molecule has 1 aliphatic carbocycles. The largest absolute Gasteiger partial charge is 0.496 e. The summed E-state index contributed by atoms with van der Waals surface area (Å²) < 4.78 is 11.6. The normalized spacial score (nSPS) is 24.8. The van der Waals surface area contributed by atoms with E-state index in [4.69, 9.17) is 14.5 Å². The first-order chi connectivity index (χ1) is 20.5. The van der Waals surface area contributed by atoms with Gasteiger partial charge in [0.25, 0.3) is 11.8 Å². The van der Waals surface area contributed by atoms with Gasteiger partial charge in [0, 0.05) is 35.4 Å². The van der Waals surface area contributed by atoms with Crippen LogP contribution in [0.15, 0.2) is 66.9 Å². The van der Waals surface area contributed by atoms with Crippen LogP contribution < -0.4 is 20.3 Å². The Balaban J connectivity index is 1.04. The molecule has 220 valence electrons. The minimum absolute atomic E-state index is 0.00623. The Bertz CT molecular complexity index is 1380. The summed E-state index contributed by atoms with van der Waals surface area (Å²) in [5.41, 5.74) is 3.22. The third-order valence-corrected chi connectivity index (χ3v) is 9.17. The Labute approximate surface area is 247 Å². The van der Waals surface area contributed by atoms with E-state index in [1.54, 1.807) is 13.3 Å². The topological polar surface area (TPSA) is 92.8 Å². The molecule has 1 saturated carbocycles. The van der Waals surface area contributed by atoms with Crippen molar-refractivity contribution in [1.82, 2.24) is 15.6 Å². The van der Waals surface area contributed by atoms with Crippen LogP contribution >= 0.6 is 0 Å². The molecule has 2 N–H and O–H groups in total. The second-order valence-corrected chi connectivity index (χ2v) is 11.8. The van der Waals surface area contributed by atoms with Crippen molar-refractivity contribution < 1.29 is 19.1 Å². The quantitative estimate of drug-likeness (QED) is 0.369. The lowest BCUT2D eigenvalue weighted by atomic mass is 9.96. The Kier molecular flexibility index (Phi) is 8.42. The van der Waals surface area contributed by atoms with Crippen LogP contribution in [-0.4, -0.2) is 54.2 Å². The summed E-state index contributed by atoms with van der Waals surface area (Å²) in [7, 11) is 1.62. The third kappa shape index (κ3) is 6.00. The SMILES string of the molecule is COc1cccc(C(=O)NC2CC3CCC(C2)N3c2ccc(C(=O)N[C@H]3CCC[C@@H]3OCc3ccccc3)cn2)c1C. The van der Waals surface area contributed by atoms with E-state index >= 15 is 0 Å². The highest BCUT2D eigenvalue weighted by Gasteiger charge is 2.42. The third-order valence-electron chi connectivity index (χ3n) is 9.17. The molecule has 2 aliphatic heterocycles. The number of methoxy groups -OCH3 is 1. The number of carbonyl (C=O) groups is 2.